The molecule has 2 rings (SSSR count). The largest absolute Gasteiger partial charge is 0.478 e. The van der Waals surface area contributed by atoms with E-state index >= 15 is 0 Å². The van der Waals surface area contributed by atoms with Gasteiger partial charge in [0.2, 0.25) is 0 Å². The molecule has 0 radical (unpaired) electrons. The summed E-state index contributed by atoms with van der Waals surface area (Å²) in [6, 6.07) is 5.35. The molecule has 1 aromatic heterocycles. The number of aromatic carboxylic acids is 1. The second-order valence-electron chi connectivity index (χ2n) is 3.38. The Morgan fingerprint density at radius 1 is 1.38 bits per heavy atom. The third-order valence-corrected chi connectivity index (χ3v) is 2.40. The lowest BCUT2D eigenvalue weighted by Gasteiger charge is -2.07. The van der Waals surface area contributed by atoms with Crippen LogP contribution in [0.4, 0.5) is 0 Å². The third kappa shape index (κ3) is 1.79. The Morgan fingerprint density at radius 2 is 2.06 bits per heavy atom. The lowest BCUT2D eigenvalue weighted by molar-refractivity contribution is 0.0697. The lowest BCUT2D eigenvalue weighted by Crippen LogP contribution is -2.05. The van der Waals surface area contributed by atoms with Crippen LogP contribution in [0.5, 0.6) is 0 Å². The molecular weight excluding hydrogens is 206 g/mol. The van der Waals surface area contributed by atoms with Gasteiger partial charge in [0.1, 0.15) is 12.7 Å². The van der Waals surface area contributed by atoms with Crippen LogP contribution in [0.25, 0.3) is 5.69 Å². The zero-order valence-corrected chi connectivity index (χ0v) is 8.79. The van der Waals surface area contributed by atoms with Crippen LogP contribution < -0.4 is 0 Å². The molecule has 0 saturated heterocycles. The average Bonchev–Trinajstić information content (AvgIpc) is 2.81. The van der Waals surface area contributed by atoms with E-state index in [1.165, 1.54) is 12.7 Å². The molecule has 0 aliphatic rings. The molecule has 2 aromatic rings. The van der Waals surface area contributed by atoms with Crippen LogP contribution in [0.1, 0.15) is 22.8 Å². The van der Waals surface area contributed by atoms with Gasteiger partial charge in [0, 0.05) is 0 Å². The highest BCUT2D eigenvalue weighted by atomic mass is 16.4. The number of hydrogen-bond acceptors (Lipinski definition) is 3. The van der Waals surface area contributed by atoms with Crippen molar-refractivity contribution in [1.82, 2.24) is 14.8 Å². The molecule has 5 heteroatoms. The zero-order chi connectivity index (χ0) is 11.5. The summed E-state index contributed by atoms with van der Waals surface area (Å²) < 4.78 is 1.59. The Labute approximate surface area is 92.4 Å². The first-order valence-corrected chi connectivity index (χ1v) is 4.93. The fraction of sp³-hybridized carbons (Fsp3) is 0.182. The third-order valence-electron chi connectivity index (χ3n) is 2.40. The van der Waals surface area contributed by atoms with Crippen molar-refractivity contribution in [1.29, 1.82) is 0 Å². The van der Waals surface area contributed by atoms with E-state index in [0.29, 0.717) is 5.69 Å². The Balaban J connectivity index is 2.57. The summed E-state index contributed by atoms with van der Waals surface area (Å²) in [5.41, 5.74) is 1.84. The van der Waals surface area contributed by atoms with E-state index in [4.69, 9.17) is 5.11 Å². The highest BCUT2D eigenvalue weighted by Gasteiger charge is 2.11. The van der Waals surface area contributed by atoms with Crippen LogP contribution in [0.3, 0.4) is 0 Å². The van der Waals surface area contributed by atoms with E-state index < -0.39 is 5.97 Å². The first-order valence-electron chi connectivity index (χ1n) is 4.93. The monoisotopic (exact) mass is 217 g/mol. The van der Waals surface area contributed by atoms with Crippen LogP contribution in [0, 0.1) is 0 Å². The van der Waals surface area contributed by atoms with Gasteiger partial charge in [0.25, 0.3) is 0 Å². The second kappa shape index (κ2) is 4.14. The van der Waals surface area contributed by atoms with Crippen LogP contribution >= 0.6 is 0 Å². The number of rotatable bonds is 3. The van der Waals surface area contributed by atoms with Gasteiger partial charge >= 0.3 is 5.97 Å². The first-order chi connectivity index (χ1) is 7.72. The summed E-state index contributed by atoms with van der Waals surface area (Å²) in [5, 5.41) is 16.5. The molecule has 1 aromatic carbocycles. The van der Waals surface area contributed by atoms with Gasteiger partial charge in [-0.2, -0.15) is 0 Å². The maximum absolute atomic E-state index is 11.1. The summed E-state index contributed by atoms with van der Waals surface area (Å²) in [6.45, 7) is 1.99. The van der Waals surface area contributed by atoms with E-state index in [-0.39, 0.29) is 5.56 Å². The minimum absolute atomic E-state index is 0.263. The number of carboxylic acids is 1. The maximum atomic E-state index is 11.1. The van der Waals surface area contributed by atoms with Crippen molar-refractivity contribution in [2.75, 3.05) is 0 Å². The lowest BCUT2D eigenvalue weighted by atomic mass is 10.1. The minimum Gasteiger partial charge on any atom is -0.478 e. The van der Waals surface area contributed by atoms with Gasteiger partial charge in [-0.05, 0) is 24.1 Å². The number of benzene rings is 1. The van der Waals surface area contributed by atoms with Crippen molar-refractivity contribution in [3.05, 3.63) is 42.0 Å². The normalized spacial score (nSPS) is 10.3. The van der Waals surface area contributed by atoms with E-state index in [2.05, 4.69) is 10.2 Å². The standard InChI is InChI=1S/C11H11N3O2/c1-2-8-3-4-10(9(5-8)11(15)16)14-6-12-13-7-14/h3-7H,2H2,1H3,(H,15,16). The predicted molar refractivity (Wildman–Crippen MR) is 57.7 cm³/mol. The highest BCUT2D eigenvalue weighted by Crippen LogP contribution is 2.16. The smallest absolute Gasteiger partial charge is 0.337 e. The molecule has 0 atom stereocenters. The van der Waals surface area contributed by atoms with E-state index in [9.17, 15) is 4.79 Å². The molecule has 0 bridgehead atoms. The van der Waals surface area contributed by atoms with Gasteiger partial charge in [-0.15, -0.1) is 10.2 Å². The summed E-state index contributed by atoms with van der Waals surface area (Å²) in [6.07, 6.45) is 3.77. The molecule has 0 amide bonds. The second-order valence-corrected chi connectivity index (χ2v) is 3.38. The van der Waals surface area contributed by atoms with Crippen molar-refractivity contribution in [3.63, 3.8) is 0 Å². The molecule has 1 N–H and O–H groups in total. The number of aryl methyl sites for hydroxylation is 1. The van der Waals surface area contributed by atoms with E-state index in [0.717, 1.165) is 12.0 Å². The molecule has 0 fully saturated rings. The number of nitrogens with zero attached hydrogens (tertiary/aromatic N) is 3. The van der Waals surface area contributed by atoms with Crippen molar-refractivity contribution in [3.8, 4) is 5.69 Å². The topological polar surface area (TPSA) is 68.0 Å². The molecule has 16 heavy (non-hydrogen) atoms. The van der Waals surface area contributed by atoms with Gasteiger partial charge in [-0.1, -0.05) is 13.0 Å². The van der Waals surface area contributed by atoms with Gasteiger partial charge in [-0.3, -0.25) is 4.57 Å². The van der Waals surface area contributed by atoms with Crippen molar-refractivity contribution in [2.45, 2.75) is 13.3 Å². The van der Waals surface area contributed by atoms with Crippen LogP contribution in [0.2, 0.25) is 0 Å². The SMILES string of the molecule is CCc1ccc(-n2cnnc2)c(C(=O)O)c1. The van der Waals surface area contributed by atoms with Gasteiger partial charge in [0.15, 0.2) is 0 Å². The van der Waals surface area contributed by atoms with Crippen molar-refractivity contribution in [2.24, 2.45) is 0 Å². The van der Waals surface area contributed by atoms with E-state index in [1.54, 1.807) is 16.7 Å². The highest BCUT2D eigenvalue weighted by molar-refractivity contribution is 5.92. The molecule has 5 nitrogen and oxygen atoms in total. The minimum atomic E-state index is -0.945. The Hall–Kier alpha value is -2.17. The van der Waals surface area contributed by atoms with Gasteiger partial charge < -0.3 is 5.11 Å². The summed E-state index contributed by atoms with van der Waals surface area (Å²) >= 11 is 0. The number of carbonyl (C=O) groups is 1. The average molecular weight is 217 g/mol. The quantitative estimate of drug-likeness (QED) is 0.846. The molecule has 0 spiro atoms. The molecular formula is C11H11N3O2. The maximum Gasteiger partial charge on any atom is 0.337 e. The summed E-state index contributed by atoms with van der Waals surface area (Å²) in [7, 11) is 0. The number of carboxylic acid groups (broad SMARTS) is 1. The number of aromatic nitrogens is 3. The Bertz CT molecular complexity index is 506. The van der Waals surface area contributed by atoms with Crippen LogP contribution in [0.15, 0.2) is 30.9 Å². The predicted octanol–water partition coefficient (Wildman–Crippen LogP) is 1.53. The van der Waals surface area contributed by atoms with Crippen LogP contribution in [-0.2, 0) is 6.42 Å². The molecule has 0 unspecified atom stereocenters. The van der Waals surface area contributed by atoms with Crippen molar-refractivity contribution >= 4 is 5.97 Å². The van der Waals surface area contributed by atoms with Crippen molar-refractivity contribution < 1.29 is 9.90 Å². The molecule has 0 aliphatic heterocycles. The van der Waals surface area contributed by atoms with Gasteiger partial charge in [-0.25, -0.2) is 4.79 Å². The fourth-order valence-corrected chi connectivity index (χ4v) is 1.52. The summed E-state index contributed by atoms with van der Waals surface area (Å²) in [5.74, 6) is -0.945. The Kier molecular flexibility index (Phi) is 2.68. The fourth-order valence-electron chi connectivity index (χ4n) is 1.52. The molecule has 1 heterocycles. The molecule has 82 valence electrons. The van der Waals surface area contributed by atoms with Gasteiger partial charge in [0.05, 0.1) is 11.3 Å². The van der Waals surface area contributed by atoms with E-state index in [1.807, 2.05) is 13.0 Å². The molecule has 0 saturated carbocycles. The summed E-state index contributed by atoms with van der Waals surface area (Å²) in [4.78, 5) is 11.1. The first kappa shape index (κ1) is 10.4. The Morgan fingerprint density at radius 3 is 2.62 bits per heavy atom. The zero-order valence-electron chi connectivity index (χ0n) is 8.79. The van der Waals surface area contributed by atoms with Crippen LogP contribution in [-0.4, -0.2) is 25.8 Å². The number of hydrogen-bond donors (Lipinski definition) is 1. The molecule has 0 aliphatic carbocycles.